The highest BCUT2D eigenvalue weighted by molar-refractivity contribution is 6.17. The minimum Gasteiger partial charge on any atom is -0.454 e. The van der Waals surface area contributed by atoms with Gasteiger partial charge in [-0.1, -0.05) is 146 Å². The van der Waals surface area contributed by atoms with Crippen molar-refractivity contribution >= 4 is 43.7 Å². The van der Waals surface area contributed by atoms with Gasteiger partial charge in [-0.3, -0.25) is 0 Å². The molecule has 0 aliphatic heterocycles. The molecule has 0 fully saturated rings. The second-order valence-electron chi connectivity index (χ2n) is 12.4. The van der Waals surface area contributed by atoms with E-state index in [4.69, 9.17) is 19.4 Å². The van der Waals surface area contributed by atoms with Crippen molar-refractivity contribution in [1.82, 2.24) is 19.5 Å². The molecule has 0 atom stereocenters. The van der Waals surface area contributed by atoms with Crippen LogP contribution in [0.2, 0.25) is 0 Å². The number of para-hydroxylation sites is 3. The third-order valence-electron chi connectivity index (χ3n) is 9.46. The molecule has 10 rings (SSSR count). The maximum absolute atomic E-state index is 6.85. The van der Waals surface area contributed by atoms with Gasteiger partial charge in [0.2, 0.25) is 0 Å². The minimum absolute atomic E-state index is 0.568. The Labute approximate surface area is 287 Å². The van der Waals surface area contributed by atoms with Gasteiger partial charge in [0.05, 0.1) is 11.0 Å². The van der Waals surface area contributed by atoms with Gasteiger partial charge in [-0.15, -0.1) is 0 Å². The summed E-state index contributed by atoms with van der Waals surface area (Å²) in [7, 11) is 0. The average Bonchev–Trinajstić information content (AvgIpc) is 3.74. The summed E-state index contributed by atoms with van der Waals surface area (Å²) >= 11 is 0. The molecule has 3 aromatic heterocycles. The van der Waals surface area contributed by atoms with Gasteiger partial charge in [-0.25, -0.2) is 15.0 Å². The summed E-state index contributed by atoms with van der Waals surface area (Å²) in [5.41, 5.74) is 9.60. The number of nitrogens with zero attached hydrogens (tertiary/aromatic N) is 4. The van der Waals surface area contributed by atoms with E-state index < -0.39 is 0 Å². The molecule has 0 unspecified atom stereocenters. The van der Waals surface area contributed by atoms with Crippen LogP contribution in [0.25, 0.3) is 94.7 Å². The van der Waals surface area contributed by atoms with E-state index in [1.165, 1.54) is 0 Å². The van der Waals surface area contributed by atoms with Crippen LogP contribution in [0.4, 0.5) is 0 Å². The standard InChI is InChI=1S/C45H28N4O/c1-4-15-29(16-5-1)32-23-14-24-35-33-21-10-12-25-38(33)49(40(32)35)41-37(28-27-36-34-22-11-13-26-39(34)50-42(36)41)45-47-43(30-17-6-2-7-18-30)46-44(48-45)31-19-8-3-9-20-31/h1-28H. The lowest BCUT2D eigenvalue weighted by Crippen LogP contribution is -2.04. The Balaban J connectivity index is 1.38. The molecule has 0 bridgehead atoms. The van der Waals surface area contributed by atoms with E-state index in [1.54, 1.807) is 0 Å². The summed E-state index contributed by atoms with van der Waals surface area (Å²) in [4.78, 5) is 15.4. The normalized spacial score (nSPS) is 11.6. The van der Waals surface area contributed by atoms with Crippen LogP contribution in [-0.4, -0.2) is 19.5 Å². The molecule has 0 spiro atoms. The molecule has 50 heavy (non-hydrogen) atoms. The topological polar surface area (TPSA) is 56.7 Å². The van der Waals surface area contributed by atoms with Crippen LogP contribution in [0.3, 0.4) is 0 Å². The predicted octanol–water partition coefficient (Wildman–Crippen LogP) is 11.5. The Bertz CT molecular complexity index is 2800. The van der Waals surface area contributed by atoms with Crippen molar-refractivity contribution < 1.29 is 4.42 Å². The summed E-state index contributed by atoms with van der Waals surface area (Å²) in [6.07, 6.45) is 0. The Morgan fingerprint density at radius 2 is 0.940 bits per heavy atom. The van der Waals surface area contributed by atoms with Gasteiger partial charge in [0, 0.05) is 43.8 Å². The summed E-state index contributed by atoms with van der Waals surface area (Å²) in [5.74, 6) is 1.78. The monoisotopic (exact) mass is 640 g/mol. The van der Waals surface area contributed by atoms with Crippen LogP contribution in [0.15, 0.2) is 174 Å². The van der Waals surface area contributed by atoms with Gasteiger partial charge in [0.15, 0.2) is 23.1 Å². The van der Waals surface area contributed by atoms with Crippen LogP contribution < -0.4 is 0 Å². The molecule has 0 amide bonds. The summed E-state index contributed by atoms with van der Waals surface area (Å²) in [6.45, 7) is 0. The van der Waals surface area contributed by atoms with E-state index in [1.807, 2.05) is 72.8 Å². The van der Waals surface area contributed by atoms with Gasteiger partial charge in [0.25, 0.3) is 0 Å². The second kappa shape index (κ2) is 11.4. The highest BCUT2D eigenvalue weighted by atomic mass is 16.3. The zero-order valence-electron chi connectivity index (χ0n) is 26.9. The van der Waals surface area contributed by atoms with Crippen molar-refractivity contribution in [3.8, 4) is 51.0 Å². The Morgan fingerprint density at radius 1 is 0.380 bits per heavy atom. The average molecular weight is 641 g/mol. The van der Waals surface area contributed by atoms with E-state index in [0.29, 0.717) is 17.5 Å². The first kappa shape index (κ1) is 28.2. The highest BCUT2D eigenvalue weighted by Gasteiger charge is 2.25. The Hall–Kier alpha value is -6.85. The number of rotatable bonds is 5. The van der Waals surface area contributed by atoms with Crippen LogP contribution in [0.1, 0.15) is 0 Å². The lowest BCUT2D eigenvalue weighted by atomic mass is 10.0. The zero-order valence-corrected chi connectivity index (χ0v) is 26.9. The fourth-order valence-electron chi connectivity index (χ4n) is 7.21. The lowest BCUT2D eigenvalue weighted by Gasteiger charge is -2.16. The molecular formula is C45H28N4O. The van der Waals surface area contributed by atoms with Crippen LogP contribution >= 0.6 is 0 Å². The molecule has 0 aliphatic rings. The molecule has 234 valence electrons. The van der Waals surface area contributed by atoms with E-state index in [9.17, 15) is 0 Å². The molecule has 0 radical (unpaired) electrons. The maximum Gasteiger partial charge on any atom is 0.166 e. The number of furan rings is 1. The fraction of sp³-hybridized carbons (Fsp3) is 0. The van der Waals surface area contributed by atoms with Crippen LogP contribution in [0.5, 0.6) is 0 Å². The minimum atomic E-state index is 0.568. The van der Waals surface area contributed by atoms with Crippen LogP contribution in [-0.2, 0) is 0 Å². The first-order chi connectivity index (χ1) is 24.8. The predicted molar refractivity (Wildman–Crippen MR) is 203 cm³/mol. The lowest BCUT2D eigenvalue weighted by molar-refractivity contribution is 0.666. The smallest absolute Gasteiger partial charge is 0.166 e. The molecular weight excluding hydrogens is 613 g/mol. The van der Waals surface area contributed by atoms with Crippen molar-refractivity contribution in [2.75, 3.05) is 0 Å². The summed E-state index contributed by atoms with van der Waals surface area (Å²) in [5, 5.41) is 4.41. The van der Waals surface area contributed by atoms with Crippen molar-refractivity contribution in [3.05, 3.63) is 170 Å². The molecule has 5 heteroatoms. The van der Waals surface area contributed by atoms with E-state index >= 15 is 0 Å². The largest absolute Gasteiger partial charge is 0.454 e. The number of hydrogen-bond donors (Lipinski definition) is 0. The number of benzene rings is 7. The Kier molecular flexibility index (Phi) is 6.42. The third kappa shape index (κ3) is 4.45. The number of aromatic nitrogens is 4. The molecule has 0 saturated heterocycles. The first-order valence-electron chi connectivity index (χ1n) is 16.7. The van der Waals surface area contributed by atoms with E-state index in [2.05, 4.69) is 102 Å². The quantitative estimate of drug-likeness (QED) is 0.188. The molecule has 0 aliphatic carbocycles. The first-order valence-corrected chi connectivity index (χ1v) is 16.7. The maximum atomic E-state index is 6.85. The van der Waals surface area contributed by atoms with Gasteiger partial charge in [-0.05, 0) is 29.8 Å². The third-order valence-corrected chi connectivity index (χ3v) is 9.46. The van der Waals surface area contributed by atoms with Gasteiger partial charge >= 0.3 is 0 Å². The molecule has 10 aromatic rings. The highest BCUT2D eigenvalue weighted by Crippen LogP contribution is 2.44. The molecule has 7 aromatic carbocycles. The van der Waals surface area contributed by atoms with Gasteiger partial charge < -0.3 is 8.98 Å². The molecule has 3 heterocycles. The van der Waals surface area contributed by atoms with Crippen LogP contribution in [0, 0.1) is 0 Å². The molecule has 0 saturated carbocycles. The van der Waals surface area contributed by atoms with Crippen molar-refractivity contribution in [1.29, 1.82) is 0 Å². The van der Waals surface area contributed by atoms with Crippen molar-refractivity contribution in [2.45, 2.75) is 0 Å². The number of fused-ring (bicyclic) bond motifs is 6. The molecule has 0 N–H and O–H groups in total. The molecule has 5 nitrogen and oxygen atoms in total. The SMILES string of the molecule is c1ccc(-c2nc(-c3ccccc3)nc(-c3ccc4c(oc5ccccc54)c3-n3c4ccccc4c4cccc(-c5ccccc5)c43)n2)cc1. The van der Waals surface area contributed by atoms with Crippen molar-refractivity contribution in [3.63, 3.8) is 0 Å². The van der Waals surface area contributed by atoms with E-state index in [-0.39, 0.29) is 0 Å². The van der Waals surface area contributed by atoms with E-state index in [0.717, 1.165) is 77.2 Å². The second-order valence-corrected chi connectivity index (χ2v) is 12.4. The fourth-order valence-corrected chi connectivity index (χ4v) is 7.21. The summed E-state index contributed by atoms with van der Waals surface area (Å²) in [6, 6.07) is 58.4. The summed E-state index contributed by atoms with van der Waals surface area (Å²) < 4.78 is 9.21. The van der Waals surface area contributed by atoms with Gasteiger partial charge in [-0.2, -0.15) is 0 Å². The van der Waals surface area contributed by atoms with Crippen molar-refractivity contribution in [2.24, 2.45) is 0 Å². The number of hydrogen-bond acceptors (Lipinski definition) is 4. The zero-order chi connectivity index (χ0) is 33.0. The Morgan fingerprint density at radius 3 is 1.64 bits per heavy atom. The van der Waals surface area contributed by atoms with Gasteiger partial charge in [0.1, 0.15) is 11.3 Å².